The number of nitrogens with zero attached hydrogens (tertiary/aromatic N) is 7. The van der Waals surface area contributed by atoms with Gasteiger partial charge in [0.05, 0.1) is 59.4 Å². The molecule has 6 spiro atoms. The predicted molar refractivity (Wildman–Crippen MR) is 504 cm³/mol. The molecule has 9 fully saturated rings. The van der Waals surface area contributed by atoms with Gasteiger partial charge in [0.15, 0.2) is 32.9 Å². The Balaban J connectivity index is 0.000000134. The number of carbonyl (C=O) groups excluding carboxylic acids is 5. The van der Waals surface area contributed by atoms with E-state index in [1.165, 1.54) is 24.7 Å². The van der Waals surface area contributed by atoms with E-state index in [0.29, 0.717) is 85.9 Å². The SMILES string of the molecule is CC(C)(O)[C@@H]1CC[C@@H](N)CO1.CC1(C)CCC2(CC1)C[C@@H](C(=O)C[C@@H]1CC[C@@H](C(C)(C)O)OC1)[C@H](c1ccnc(Cl)c1F)[C@]21C(=O)Nc2nc(Cl)ccc21.CC1(C)CCC2(CC1)C[C@@H](C(=O)O)[C@H](c1ccnc(Cl)c1F)[C@]21C(=O)Nc2nc(Cl)ccc21.CC1(C)CCC2(CC1)N1[C@H](c3ccccc3)[C@H](c3ccccc3)OC(=O)[C@H]1[C@H](c1ccnc(Cl)c1F)[C@@]21C(=O)Nc2nc(Cl)ccc21. The molecule has 8 N–H and O–H groups in total. The predicted octanol–water partition coefficient (Wildman–Crippen LogP) is 20.8. The lowest BCUT2D eigenvalue weighted by Crippen LogP contribution is -2.64. The Hall–Kier alpha value is -8.35. The number of pyridine rings is 6. The van der Waals surface area contributed by atoms with Gasteiger partial charge in [0.2, 0.25) is 17.7 Å². The second-order valence-corrected chi connectivity index (χ2v) is 45.0. The van der Waals surface area contributed by atoms with Gasteiger partial charge in [0, 0.05) is 77.0 Å². The summed E-state index contributed by atoms with van der Waals surface area (Å²) in [6, 6.07) is 33.1. The first-order chi connectivity index (χ1) is 63.3. The second kappa shape index (κ2) is 36.1. The van der Waals surface area contributed by atoms with Gasteiger partial charge >= 0.3 is 11.9 Å². The lowest BCUT2D eigenvalue weighted by atomic mass is 9.51. The first kappa shape index (κ1) is 97.3. The zero-order valence-electron chi connectivity index (χ0n) is 76.6. The molecule has 15 atom stereocenters. The smallest absolute Gasteiger partial charge is 0.324 e. The number of ether oxygens (including phenoxy) is 3. The number of carbonyl (C=O) groups is 6. The molecule has 8 aromatic rings. The minimum Gasteiger partial charge on any atom is -0.481 e. The van der Waals surface area contributed by atoms with Crippen molar-refractivity contribution in [1.29, 1.82) is 0 Å². The van der Waals surface area contributed by atoms with Gasteiger partial charge in [-0.15, -0.1) is 0 Å². The summed E-state index contributed by atoms with van der Waals surface area (Å²) in [7, 11) is 0. The third-order valence-corrected chi connectivity index (χ3v) is 34.0. The van der Waals surface area contributed by atoms with Crippen molar-refractivity contribution in [3.05, 3.63) is 227 Å². The first-order valence-corrected chi connectivity index (χ1v) is 48.7. The van der Waals surface area contributed by atoms with Crippen LogP contribution in [0, 0.1) is 62.3 Å². The molecular weight excluding hydrogens is 1840 g/mol. The number of aliphatic hydroxyl groups is 2. The Morgan fingerprint density at radius 1 is 0.478 bits per heavy atom. The van der Waals surface area contributed by atoms with Crippen molar-refractivity contribution in [1.82, 2.24) is 34.8 Å². The molecule has 5 saturated carbocycles. The lowest BCUT2D eigenvalue weighted by molar-refractivity contribution is -0.184. The van der Waals surface area contributed by atoms with Gasteiger partial charge in [-0.05, 0) is 240 Å². The molecule has 2 aromatic carbocycles. The lowest BCUT2D eigenvalue weighted by Gasteiger charge is -2.57. The maximum absolute atomic E-state index is 16.4. The van der Waals surface area contributed by atoms with E-state index in [2.05, 4.69) is 92.3 Å². The van der Waals surface area contributed by atoms with Crippen LogP contribution in [0.1, 0.15) is 266 Å². The summed E-state index contributed by atoms with van der Waals surface area (Å²) in [5, 5.41) is 38.9. The van der Waals surface area contributed by atoms with Crippen LogP contribution >= 0.6 is 69.6 Å². The van der Waals surface area contributed by atoms with Crippen molar-refractivity contribution in [2.24, 2.45) is 50.6 Å². The Kier molecular flexibility index (Phi) is 26.2. The van der Waals surface area contributed by atoms with Gasteiger partial charge in [0.1, 0.15) is 56.3 Å². The summed E-state index contributed by atoms with van der Waals surface area (Å²) in [5.41, 5.74) is 1.93. The van der Waals surface area contributed by atoms with Gasteiger partial charge in [-0.1, -0.05) is 190 Å². The van der Waals surface area contributed by atoms with Crippen molar-refractivity contribution >= 4 is 123 Å². The highest BCUT2D eigenvalue weighted by atomic mass is 35.5. The molecule has 3 amide bonds. The number of esters is 1. The van der Waals surface area contributed by atoms with Crippen LogP contribution in [0.25, 0.3) is 0 Å². The molecule has 4 saturated heterocycles. The van der Waals surface area contributed by atoms with Crippen LogP contribution in [0.15, 0.2) is 134 Å². The minimum atomic E-state index is -1.45. The van der Waals surface area contributed by atoms with Crippen LogP contribution in [-0.4, -0.2) is 140 Å². The molecule has 13 heterocycles. The molecule has 12 aliphatic rings. The Bertz CT molecular complexity index is 5890. The van der Waals surface area contributed by atoms with E-state index >= 15 is 18.0 Å². The average Bonchev–Trinajstić information content (AvgIpc) is 1.48. The number of morpholine rings is 1. The number of benzene rings is 2. The largest absolute Gasteiger partial charge is 0.481 e. The van der Waals surface area contributed by atoms with E-state index in [1.807, 2.05) is 72.8 Å². The van der Waals surface area contributed by atoms with E-state index < -0.39 is 121 Å². The fraction of sp³-hybridized carbons (Fsp3) is 0.529. The number of anilines is 3. The fourth-order valence-electron chi connectivity index (χ4n) is 25.9. The summed E-state index contributed by atoms with van der Waals surface area (Å²) < 4.78 is 65.8. The number of hydrogen-bond acceptors (Lipinski definition) is 19. The normalized spacial score (nSPS) is 30.2. The number of hydrogen-bond donors (Lipinski definition) is 7. The van der Waals surface area contributed by atoms with E-state index in [9.17, 15) is 39.3 Å². The standard InChI is InChI=1S/C37H33Cl2FN4O3.C33H40Cl2FN3O4.C24H24Cl2FN3O3.C8H17NO2/c1-35(2)16-18-36(19-17-35)37(24-13-14-25(38)42-32(24)43-34(37)46)26(23-15-20-41-31(39)27(23)40)29-33(45)47-30(22-11-7-4-8-12-22)28(44(29)36)21-9-5-3-6-10-21;1-30(2)10-12-32(13-11-30)16-20(22(40)15-18-5-7-23(43-17-18)31(3,4)42)25(19-9-14-37-27(35)26(19)36)33(32)21-6-8-24(34)38-28(21)39-29(33)41;1-22(2)6-8-23(9-7-22)11-13(20(31)32)16(12-5-10-28-18(26)17(12)27)24(23)14-3-4-15(25)29-19(14)30-21(24)33;1-8(2,10)7-4-3-6(9)5-11-7/h3-15,20,26,28-30H,16-19H2,1-2H3,(H,42,43,46);6,8-9,14,18,20,23,25,42H,5,7,10-13,15-17H2,1-4H3,(H,38,39,41);3-5,10,13,16H,6-9,11H2,1-2H3,(H,31,32)(H,29,30,33);6-7,10H,3-5,9H2,1-2H3/t26-,28+,29+,30-,37-;18-,20-,23-,25-,33+;13-,16+,24-;6-,7+/m0011/s1. The summed E-state index contributed by atoms with van der Waals surface area (Å²) in [6.07, 6.45) is 16.2. The van der Waals surface area contributed by atoms with Gasteiger partial charge in [0.25, 0.3) is 0 Å². The highest BCUT2D eigenvalue weighted by Crippen LogP contribution is 2.76. The number of amides is 3. The van der Waals surface area contributed by atoms with Gasteiger partial charge in [-0.2, -0.15) is 0 Å². The molecule has 0 unspecified atom stereocenters. The number of aromatic nitrogens is 6. The molecule has 32 heteroatoms. The number of aliphatic carboxylic acids is 1. The molecule has 0 bridgehead atoms. The fourth-order valence-corrected chi connectivity index (χ4v) is 26.8. The molecule has 134 heavy (non-hydrogen) atoms. The van der Waals surface area contributed by atoms with Crippen LogP contribution in [0.3, 0.4) is 0 Å². The first-order valence-electron chi connectivity index (χ1n) is 46.4. The van der Waals surface area contributed by atoms with Crippen molar-refractivity contribution in [2.75, 3.05) is 29.2 Å². The molecule has 5 aliphatic carbocycles. The summed E-state index contributed by atoms with van der Waals surface area (Å²) >= 11 is 37.4. The monoisotopic (exact) mass is 1950 g/mol. The highest BCUT2D eigenvalue weighted by molar-refractivity contribution is 6.31. The zero-order chi connectivity index (χ0) is 95.9. The van der Waals surface area contributed by atoms with Gasteiger partial charge < -0.3 is 51.2 Å². The van der Waals surface area contributed by atoms with Crippen molar-refractivity contribution < 1.29 is 71.5 Å². The summed E-state index contributed by atoms with van der Waals surface area (Å²) in [6.45, 7) is 21.2. The number of fused-ring (bicyclic) bond motifs is 11. The number of nitrogens with one attached hydrogen (secondary N) is 3. The molecule has 23 nitrogen and oxygen atoms in total. The summed E-state index contributed by atoms with van der Waals surface area (Å²) in [5.74, 6) is -8.22. The minimum absolute atomic E-state index is 0.00287. The zero-order valence-corrected chi connectivity index (χ0v) is 81.1. The molecular formula is C102H114Cl6F3N11O12. The number of carboxylic acids is 1. The number of ketones is 1. The van der Waals surface area contributed by atoms with Gasteiger partial charge in [-0.3, -0.25) is 33.7 Å². The number of halogens is 9. The molecule has 0 radical (unpaired) electrons. The van der Waals surface area contributed by atoms with Crippen LogP contribution in [0.5, 0.6) is 0 Å². The van der Waals surface area contributed by atoms with Crippen LogP contribution in [0.4, 0.5) is 30.6 Å². The average molecular weight is 1960 g/mol. The summed E-state index contributed by atoms with van der Waals surface area (Å²) in [4.78, 5) is 113. The molecule has 6 aromatic heterocycles. The van der Waals surface area contributed by atoms with Crippen molar-refractivity contribution in [3.8, 4) is 0 Å². The van der Waals surface area contributed by atoms with Crippen molar-refractivity contribution in [2.45, 2.75) is 278 Å². The van der Waals surface area contributed by atoms with E-state index in [0.717, 1.165) is 81.8 Å². The molecule has 7 aliphatic heterocycles. The third kappa shape index (κ3) is 16.5. The van der Waals surface area contributed by atoms with Crippen LogP contribution < -0.4 is 21.7 Å². The number of cyclic esters (lactones) is 1. The number of nitrogens with two attached hydrogens (primary N) is 1. The maximum Gasteiger partial charge on any atom is 0.324 e. The quantitative estimate of drug-likeness (QED) is 0.0467. The Morgan fingerprint density at radius 3 is 1.26 bits per heavy atom. The van der Waals surface area contributed by atoms with E-state index in [1.54, 1.807) is 64.1 Å². The number of Topliss-reactive ketones (excluding diaryl/α,β-unsaturated/α-hetero) is 1. The topological polar surface area (TPSA) is 333 Å². The number of rotatable bonds is 11. The van der Waals surface area contributed by atoms with Crippen LogP contribution in [0.2, 0.25) is 30.9 Å². The third-order valence-electron chi connectivity index (χ3n) is 32.6. The second-order valence-electron chi connectivity index (χ2n) is 42.7. The molecule has 20 rings (SSSR count). The maximum atomic E-state index is 16.4. The van der Waals surface area contributed by atoms with E-state index in [-0.39, 0.29) is 124 Å². The Labute approximate surface area is 808 Å². The van der Waals surface area contributed by atoms with Crippen LogP contribution in [-0.2, 0) is 59.2 Å². The number of carboxylic acid groups (broad SMARTS) is 1. The Morgan fingerprint density at radius 2 is 0.858 bits per heavy atom. The van der Waals surface area contributed by atoms with E-state index in [4.69, 9.17) is 89.5 Å². The highest BCUT2D eigenvalue weighted by Gasteiger charge is 2.80. The van der Waals surface area contributed by atoms with Crippen molar-refractivity contribution in [3.63, 3.8) is 0 Å². The molecule has 712 valence electrons. The van der Waals surface area contributed by atoms with Gasteiger partial charge in [-0.25, -0.2) is 43.1 Å².